The number of rotatable bonds is 4. The van der Waals surface area contributed by atoms with Gasteiger partial charge in [0, 0.05) is 5.56 Å². The summed E-state index contributed by atoms with van der Waals surface area (Å²) in [6.07, 6.45) is 7.15. The minimum Gasteiger partial charge on any atom is -0.494 e. The van der Waals surface area contributed by atoms with Crippen LogP contribution < -0.4 is 10.5 Å². The molecule has 17 heavy (non-hydrogen) atoms. The van der Waals surface area contributed by atoms with Crippen molar-refractivity contribution < 1.29 is 4.74 Å². The fourth-order valence-corrected chi connectivity index (χ4v) is 2.37. The summed E-state index contributed by atoms with van der Waals surface area (Å²) in [5.74, 6) is 0.925. The number of allylic oxidation sites excluding steroid dienone is 1. The molecule has 2 N–H and O–H groups in total. The Hall–Kier alpha value is -1.28. The molecule has 1 aromatic carbocycles. The Morgan fingerprint density at radius 3 is 2.82 bits per heavy atom. The van der Waals surface area contributed by atoms with Gasteiger partial charge in [-0.05, 0) is 38.7 Å². The molecule has 1 aliphatic rings. The summed E-state index contributed by atoms with van der Waals surface area (Å²) in [4.78, 5) is 0. The van der Waals surface area contributed by atoms with Crippen LogP contribution in [0.4, 0.5) is 0 Å². The molecule has 0 bridgehead atoms. The van der Waals surface area contributed by atoms with Gasteiger partial charge >= 0.3 is 0 Å². The molecule has 0 heterocycles. The lowest BCUT2D eigenvalue weighted by atomic mass is 9.90. The largest absolute Gasteiger partial charge is 0.494 e. The maximum absolute atomic E-state index is 6.35. The van der Waals surface area contributed by atoms with Gasteiger partial charge in [-0.15, -0.1) is 0 Å². The number of ether oxygens (including phenoxy) is 1. The monoisotopic (exact) mass is 231 g/mol. The van der Waals surface area contributed by atoms with Gasteiger partial charge < -0.3 is 10.5 Å². The molecule has 1 aliphatic carbocycles. The first kappa shape index (κ1) is 12.2. The molecule has 1 atom stereocenters. The number of para-hydroxylation sites is 1. The van der Waals surface area contributed by atoms with Gasteiger partial charge in [0.15, 0.2) is 0 Å². The average molecular weight is 231 g/mol. The molecule has 0 spiro atoms. The summed E-state index contributed by atoms with van der Waals surface area (Å²) in [7, 11) is 0. The molecule has 0 aromatic heterocycles. The normalized spacial score (nSPS) is 17.4. The Bertz CT molecular complexity index is 398. The van der Waals surface area contributed by atoms with Crippen molar-refractivity contribution in [2.45, 2.75) is 38.6 Å². The molecule has 0 radical (unpaired) electrons. The molecular weight excluding hydrogens is 210 g/mol. The van der Waals surface area contributed by atoms with E-state index in [1.54, 1.807) is 0 Å². The van der Waals surface area contributed by atoms with Crippen molar-refractivity contribution in [3.63, 3.8) is 0 Å². The third-order valence-electron chi connectivity index (χ3n) is 3.28. The minimum absolute atomic E-state index is 0.00181. The van der Waals surface area contributed by atoms with Crippen LogP contribution >= 0.6 is 0 Å². The molecule has 1 unspecified atom stereocenters. The van der Waals surface area contributed by atoms with Crippen LogP contribution in [0.2, 0.25) is 0 Å². The molecule has 0 aliphatic heterocycles. The number of hydrogen-bond acceptors (Lipinski definition) is 2. The van der Waals surface area contributed by atoms with E-state index >= 15 is 0 Å². The van der Waals surface area contributed by atoms with E-state index in [0.29, 0.717) is 6.61 Å². The third kappa shape index (κ3) is 2.89. The molecule has 2 heteroatoms. The van der Waals surface area contributed by atoms with Crippen molar-refractivity contribution in [3.05, 3.63) is 41.5 Å². The first-order valence-electron chi connectivity index (χ1n) is 6.49. The van der Waals surface area contributed by atoms with Crippen LogP contribution in [0.15, 0.2) is 35.9 Å². The molecule has 2 nitrogen and oxygen atoms in total. The van der Waals surface area contributed by atoms with E-state index in [0.717, 1.165) is 17.7 Å². The minimum atomic E-state index is -0.00181. The summed E-state index contributed by atoms with van der Waals surface area (Å²) in [5.41, 5.74) is 8.83. The maximum atomic E-state index is 6.35. The number of benzene rings is 1. The van der Waals surface area contributed by atoms with Crippen LogP contribution in [0.1, 0.15) is 44.2 Å². The molecular formula is C15H21NO. The van der Waals surface area contributed by atoms with Gasteiger partial charge in [0.1, 0.15) is 5.75 Å². The highest BCUT2D eigenvalue weighted by molar-refractivity contribution is 5.40. The van der Waals surface area contributed by atoms with Gasteiger partial charge in [-0.3, -0.25) is 0 Å². The number of hydrogen-bond donors (Lipinski definition) is 1. The smallest absolute Gasteiger partial charge is 0.124 e. The molecule has 92 valence electrons. The second-order valence-corrected chi connectivity index (χ2v) is 4.47. The van der Waals surface area contributed by atoms with Crippen LogP contribution in [0.5, 0.6) is 5.75 Å². The van der Waals surface area contributed by atoms with Crippen LogP contribution in [0.3, 0.4) is 0 Å². The lowest BCUT2D eigenvalue weighted by Crippen LogP contribution is -2.16. The zero-order valence-electron chi connectivity index (χ0n) is 10.5. The second kappa shape index (κ2) is 5.87. The van der Waals surface area contributed by atoms with Gasteiger partial charge in [-0.2, -0.15) is 0 Å². The Kier molecular flexibility index (Phi) is 4.21. The fraction of sp³-hybridized carbons (Fsp3) is 0.467. The van der Waals surface area contributed by atoms with Crippen molar-refractivity contribution >= 4 is 0 Å². The summed E-state index contributed by atoms with van der Waals surface area (Å²) in [6, 6.07) is 8.10. The van der Waals surface area contributed by atoms with Crippen LogP contribution in [-0.4, -0.2) is 6.61 Å². The molecule has 0 saturated heterocycles. The molecule has 0 amide bonds. The van der Waals surface area contributed by atoms with E-state index in [9.17, 15) is 0 Å². The van der Waals surface area contributed by atoms with E-state index < -0.39 is 0 Å². The Morgan fingerprint density at radius 2 is 2.12 bits per heavy atom. The lowest BCUT2D eigenvalue weighted by Gasteiger charge is -2.22. The van der Waals surface area contributed by atoms with Gasteiger partial charge in [0.25, 0.3) is 0 Å². The van der Waals surface area contributed by atoms with E-state index in [-0.39, 0.29) is 6.04 Å². The first-order valence-corrected chi connectivity index (χ1v) is 6.49. The van der Waals surface area contributed by atoms with Crippen LogP contribution in [0, 0.1) is 0 Å². The zero-order valence-corrected chi connectivity index (χ0v) is 10.5. The van der Waals surface area contributed by atoms with E-state index in [2.05, 4.69) is 12.1 Å². The van der Waals surface area contributed by atoms with Gasteiger partial charge in [-0.1, -0.05) is 29.8 Å². The van der Waals surface area contributed by atoms with E-state index in [1.807, 2.05) is 25.1 Å². The van der Waals surface area contributed by atoms with Gasteiger partial charge in [0.05, 0.1) is 12.6 Å². The molecule has 2 rings (SSSR count). The topological polar surface area (TPSA) is 35.2 Å². The zero-order chi connectivity index (χ0) is 12.1. The molecule has 1 aromatic rings. The Morgan fingerprint density at radius 1 is 1.29 bits per heavy atom. The Balaban J connectivity index is 2.23. The van der Waals surface area contributed by atoms with Crippen molar-refractivity contribution in [2.24, 2.45) is 5.73 Å². The highest BCUT2D eigenvalue weighted by atomic mass is 16.5. The van der Waals surface area contributed by atoms with Crippen LogP contribution in [0.25, 0.3) is 0 Å². The summed E-state index contributed by atoms with van der Waals surface area (Å²) >= 11 is 0. The quantitative estimate of drug-likeness (QED) is 0.804. The SMILES string of the molecule is CCOc1ccccc1C(N)C1=CCCCC1. The summed E-state index contributed by atoms with van der Waals surface area (Å²) in [6.45, 7) is 2.69. The highest BCUT2D eigenvalue weighted by Gasteiger charge is 2.17. The predicted octanol–water partition coefficient (Wildman–Crippen LogP) is 3.59. The summed E-state index contributed by atoms with van der Waals surface area (Å²) < 4.78 is 5.64. The fourth-order valence-electron chi connectivity index (χ4n) is 2.37. The average Bonchev–Trinajstić information content (AvgIpc) is 2.40. The van der Waals surface area contributed by atoms with E-state index in [4.69, 9.17) is 10.5 Å². The van der Waals surface area contributed by atoms with Crippen molar-refractivity contribution in [3.8, 4) is 5.75 Å². The van der Waals surface area contributed by atoms with Crippen molar-refractivity contribution in [1.82, 2.24) is 0 Å². The lowest BCUT2D eigenvalue weighted by molar-refractivity contribution is 0.335. The van der Waals surface area contributed by atoms with Gasteiger partial charge in [-0.25, -0.2) is 0 Å². The summed E-state index contributed by atoms with van der Waals surface area (Å²) in [5, 5.41) is 0. The first-order chi connectivity index (χ1) is 8.33. The van der Waals surface area contributed by atoms with Crippen LogP contribution in [-0.2, 0) is 0 Å². The molecule has 0 fully saturated rings. The molecule has 0 saturated carbocycles. The Labute approximate surface area is 103 Å². The predicted molar refractivity (Wildman–Crippen MR) is 71.1 cm³/mol. The van der Waals surface area contributed by atoms with Crippen molar-refractivity contribution in [1.29, 1.82) is 0 Å². The maximum Gasteiger partial charge on any atom is 0.124 e. The highest BCUT2D eigenvalue weighted by Crippen LogP contribution is 2.32. The third-order valence-corrected chi connectivity index (χ3v) is 3.28. The standard InChI is InChI=1S/C15H21NO/c1-2-17-14-11-7-6-10-13(14)15(16)12-8-4-3-5-9-12/h6-8,10-11,15H,2-5,9,16H2,1H3. The van der Waals surface area contributed by atoms with Crippen molar-refractivity contribution in [2.75, 3.05) is 6.61 Å². The van der Waals surface area contributed by atoms with Gasteiger partial charge in [0.2, 0.25) is 0 Å². The van der Waals surface area contributed by atoms with E-state index in [1.165, 1.54) is 24.8 Å². The number of nitrogens with two attached hydrogens (primary N) is 1. The second-order valence-electron chi connectivity index (χ2n) is 4.47.